The van der Waals surface area contributed by atoms with Gasteiger partial charge in [0.1, 0.15) is 6.04 Å². The van der Waals surface area contributed by atoms with Gasteiger partial charge < -0.3 is 10.0 Å². The number of carbonyl (C=O) groups is 2. The Labute approximate surface area is 110 Å². The van der Waals surface area contributed by atoms with Crippen molar-refractivity contribution in [1.29, 1.82) is 0 Å². The molecule has 0 aliphatic carbocycles. The maximum atomic E-state index is 13.5. The van der Waals surface area contributed by atoms with E-state index in [-0.39, 0.29) is 11.6 Å². The van der Waals surface area contributed by atoms with Crippen LogP contribution in [0, 0.1) is 17.5 Å². The first-order valence-corrected chi connectivity index (χ1v) is 6.34. The van der Waals surface area contributed by atoms with Gasteiger partial charge in [-0.15, -0.1) is 11.8 Å². The molecule has 0 bridgehead atoms. The van der Waals surface area contributed by atoms with Crippen molar-refractivity contribution in [1.82, 2.24) is 4.90 Å². The van der Waals surface area contributed by atoms with Crippen LogP contribution in [0.5, 0.6) is 0 Å². The molecule has 1 amide bonds. The molecule has 0 radical (unpaired) electrons. The van der Waals surface area contributed by atoms with Gasteiger partial charge in [-0.05, 0) is 12.1 Å². The molecular weight excluding hydrogens is 283 g/mol. The zero-order chi connectivity index (χ0) is 14.2. The number of thioether (sulfide) groups is 1. The first kappa shape index (κ1) is 13.7. The van der Waals surface area contributed by atoms with Gasteiger partial charge in [0.15, 0.2) is 17.5 Å². The molecule has 8 heteroatoms. The van der Waals surface area contributed by atoms with Crippen LogP contribution in [-0.4, -0.2) is 39.6 Å². The minimum atomic E-state index is -1.75. The summed E-state index contributed by atoms with van der Waals surface area (Å²) in [5.74, 6) is -6.70. The summed E-state index contributed by atoms with van der Waals surface area (Å²) in [7, 11) is 0. The van der Waals surface area contributed by atoms with E-state index in [4.69, 9.17) is 5.11 Å². The number of aliphatic carboxylic acids is 1. The zero-order valence-electron chi connectivity index (χ0n) is 9.40. The number of benzene rings is 1. The zero-order valence-corrected chi connectivity index (χ0v) is 10.2. The third kappa shape index (κ3) is 2.40. The summed E-state index contributed by atoms with van der Waals surface area (Å²) in [6, 6.07) is 0.341. The van der Waals surface area contributed by atoms with Crippen LogP contribution >= 0.6 is 11.8 Å². The molecule has 0 spiro atoms. The van der Waals surface area contributed by atoms with Crippen LogP contribution in [0.2, 0.25) is 0 Å². The molecule has 1 aliphatic heterocycles. The number of rotatable bonds is 2. The lowest BCUT2D eigenvalue weighted by Gasteiger charge is -2.20. The van der Waals surface area contributed by atoms with Crippen molar-refractivity contribution in [2.45, 2.75) is 6.04 Å². The van der Waals surface area contributed by atoms with E-state index in [1.54, 1.807) is 0 Å². The smallest absolute Gasteiger partial charge is 0.327 e. The van der Waals surface area contributed by atoms with Crippen LogP contribution in [0.25, 0.3) is 0 Å². The van der Waals surface area contributed by atoms with E-state index in [1.165, 1.54) is 11.8 Å². The Morgan fingerprint density at radius 1 is 1.26 bits per heavy atom. The molecule has 0 aromatic heterocycles. The largest absolute Gasteiger partial charge is 0.480 e. The first-order valence-electron chi connectivity index (χ1n) is 5.18. The third-order valence-corrected chi connectivity index (χ3v) is 3.71. The Kier molecular flexibility index (Phi) is 3.70. The Morgan fingerprint density at radius 2 is 1.95 bits per heavy atom. The van der Waals surface area contributed by atoms with Crippen molar-refractivity contribution in [3.63, 3.8) is 0 Å². The number of carboxylic acids is 1. The molecule has 1 aromatic carbocycles. The number of carboxylic acid groups (broad SMARTS) is 1. The van der Waals surface area contributed by atoms with Gasteiger partial charge in [-0.25, -0.2) is 18.0 Å². The van der Waals surface area contributed by atoms with Crippen molar-refractivity contribution in [2.75, 3.05) is 11.6 Å². The fourth-order valence-electron chi connectivity index (χ4n) is 1.69. The monoisotopic (exact) mass is 291 g/mol. The molecule has 4 nitrogen and oxygen atoms in total. The molecule has 0 saturated carbocycles. The highest BCUT2D eigenvalue weighted by atomic mass is 32.2. The van der Waals surface area contributed by atoms with Crippen LogP contribution < -0.4 is 0 Å². The number of halogens is 3. The maximum absolute atomic E-state index is 13.5. The molecule has 1 unspecified atom stereocenters. The van der Waals surface area contributed by atoms with Gasteiger partial charge in [-0.3, -0.25) is 4.79 Å². The number of amides is 1. The summed E-state index contributed by atoms with van der Waals surface area (Å²) in [6.45, 7) is 0. The Morgan fingerprint density at radius 3 is 2.58 bits per heavy atom. The second-order valence-electron chi connectivity index (χ2n) is 3.85. The summed E-state index contributed by atoms with van der Waals surface area (Å²) >= 11 is 1.19. The van der Waals surface area contributed by atoms with Gasteiger partial charge in [-0.1, -0.05) is 0 Å². The SMILES string of the molecule is O=C(O)C1CSCN1C(=O)c1ccc(F)c(F)c1F. The van der Waals surface area contributed by atoms with Crippen molar-refractivity contribution >= 4 is 23.6 Å². The topological polar surface area (TPSA) is 57.6 Å². The number of nitrogens with zero attached hydrogens (tertiary/aromatic N) is 1. The minimum Gasteiger partial charge on any atom is -0.480 e. The summed E-state index contributed by atoms with van der Waals surface area (Å²) in [5.41, 5.74) is -0.673. The molecule has 2 rings (SSSR count). The van der Waals surface area contributed by atoms with Gasteiger partial charge in [0, 0.05) is 5.75 Å². The molecular formula is C11H8F3NO3S. The van der Waals surface area contributed by atoms with Crippen LogP contribution in [0.15, 0.2) is 12.1 Å². The van der Waals surface area contributed by atoms with E-state index in [1.807, 2.05) is 0 Å². The van der Waals surface area contributed by atoms with Crippen LogP contribution in [-0.2, 0) is 4.79 Å². The molecule has 102 valence electrons. The lowest BCUT2D eigenvalue weighted by atomic mass is 10.1. The van der Waals surface area contributed by atoms with E-state index in [9.17, 15) is 22.8 Å². The average Bonchev–Trinajstić information content (AvgIpc) is 2.84. The molecule has 1 aliphatic rings. The van der Waals surface area contributed by atoms with E-state index in [2.05, 4.69) is 0 Å². The first-order chi connectivity index (χ1) is 8.93. The quantitative estimate of drug-likeness (QED) is 0.843. The van der Waals surface area contributed by atoms with Crippen molar-refractivity contribution < 1.29 is 27.9 Å². The van der Waals surface area contributed by atoms with Crippen molar-refractivity contribution in [2.24, 2.45) is 0 Å². The standard InChI is InChI=1S/C11H8F3NO3S/c12-6-2-1-5(8(13)9(6)14)10(16)15-4-19-3-7(15)11(17)18/h1-2,7H,3-4H2,(H,17,18). The lowest BCUT2D eigenvalue weighted by molar-refractivity contribution is -0.140. The van der Waals surface area contributed by atoms with Crippen molar-refractivity contribution in [3.8, 4) is 0 Å². The highest BCUT2D eigenvalue weighted by molar-refractivity contribution is 7.99. The molecule has 1 saturated heterocycles. The molecule has 1 atom stereocenters. The van der Waals surface area contributed by atoms with Gasteiger partial charge >= 0.3 is 5.97 Å². The summed E-state index contributed by atoms with van der Waals surface area (Å²) in [4.78, 5) is 23.8. The van der Waals surface area contributed by atoms with Gasteiger partial charge in [0.25, 0.3) is 5.91 Å². The van der Waals surface area contributed by atoms with E-state index in [0.29, 0.717) is 6.07 Å². The highest BCUT2D eigenvalue weighted by Gasteiger charge is 2.36. The molecule has 1 fully saturated rings. The average molecular weight is 291 g/mol. The van der Waals surface area contributed by atoms with E-state index in [0.717, 1.165) is 11.0 Å². The van der Waals surface area contributed by atoms with Gasteiger partial charge in [0.2, 0.25) is 0 Å². The summed E-state index contributed by atoms with van der Waals surface area (Å²) in [5, 5.41) is 8.91. The fraction of sp³-hybridized carbons (Fsp3) is 0.273. The van der Waals surface area contributed by atoms with Crippen LogP contribution in [0.1, 0.15) is 10.4 Å². The normalized spacial score (nSPS) is 18.7. The Bertz CT molecular complexity index is 552. The number of carbonyl (C=O) groups excluding carboxylic acids is 1. The van der Waals surface area contributed by atoms with Crippen molar-refractivity contribution in [3.05, 3.63) is 35.1 Å². The maximum Gasteiger partial charge on any atom is 0.327 e. The second kappa shape index (κ2) is 5.12. The second-order valence-corrected chi connectivity index (χ2v) is 4.85. The molecule has 1 aromatic rings. The highest BCUT2D eigenvalue weighted by Crippen LogP contribution is 2.25. The summed E-state index contributed by atoms with van der Waals surface area (Å²) in [6.07, 6.45) is 0. The summed E-state index contributed by atoms with van der Waals surface area (Å²) < 4.78 is 39.3. The van der Waals surface area contributed by atoms with Gasteiger partial charge in [-0.2, -0.15) is 0 Å². The van der Waals surface area contributed by atoms with Crippen LogP contribution in [0.4, 0.5) is 13.2 Å². The third-order valence-electron chi connectivity index (χ3n) is 2.69. The van der Waals surface area contributed by atoms with E-state index < -0.39 is 40.9 Å². The van der Waals surface area contributed by atoms with Crippen LogP contribution in [0.3, 0.4) is 0 Å². The predicted octanol–water partition coefficient (Wildman–Crippen LogP) is 1.70. The fourth-order valence-corrected chi connectivity index (χ4v) is 2.84. The minimum absolute atomic E-state index is 0.0637. The number of hydrogen-bond acceptors (Lipinski definition) is 3. The number of hydrogen-bond donors (Lipinski definition) is 1. The Balaban J connectivity index is 2.35. The van der Waals surface area contributed by atoms with Gasteiger partial charge in [0.05, 0.1) is 11.4 Å². The lowest BCUT2D eigenvalue weighted by Crippen LogP contribution is -2.42. The molecule has 19 heavy (non-hydrogen) atoms. The van der Waals surface area contributed by atoms with E-state index >= 15 is 0 Å². The predicted molar refractivity (Wildman–Crippen MR) is 61.2 cm³/mol. The Hall–Kier alpha value is -1.70. The molecule has 1 heterocycles. The molecule has 1 N–H and O–H groups in total.